The number of benzene rings is 1. The van der Waals surface area contributed by atoms with Gasteiger partial charge < -0.3 is 9.84 Å². The van der Waals surface area contributed by atoms with Gasteiger partial charge in [0.2, 0.25) is 0 Å². The molecule has 1 heterocycles. The molecule has 0 bridgehead atoms. The highest BCUT2D eigenvalue weighted by atomic mass is 16.6. The first-order valence-corrected chi connectivity index (χ1v) is 4.91. The minimum atomic E-state index is -0.569. The molecule has 0 unspecified atom stereocenters. The zero-order valence-corrected chi connectivity index (χ0v) is 7.97. The fourth-order valence-corrected chi connectivity index (χ4v) is 1.57. The molecule has 2 rings (SSSR count). The molecule has 0 spiro atoms. The van der Waals surface area contributed by atoms with Crippen LogP contribution in [0.4, 0.5) is 0 Å². The lowest BCUT2D eigenvalue weighted by Gasteiger charge is -2.03. The van der Waals surface area contributed by atoms with Crippen LogP contribution < -0.4 is 0 Å². The summed E-state index contributed by atoms with van der Waals surface area (Å²) in [6, 6.07) is 10.1. The molecule has 0 amide bonds. The third-order valence-electron chi connectivity index (χ3n) is 2.33. The van der Waals surface area contributed by atoms with E-state index in [1.807, 2.05) is 42.5 Å². The normalized spacial score (nSPS) is 27.2. The first-order chi connectivity index (χ1) is 6.84. The molecule has 1 aromatic rings. The zero-order valence-electron chi connectivity index (χ0n) is 7.97. The lowest BCUT2D eigenvalue weighted by Crippen LogP contribution is -2.06. The van der Waals surface area contributed by atoms with Crippen molar-refractivity contribution in [2.24, 2.45) is 0 Å². The maximum atomic E-state index is 9.14. The quantitative estimate of drug-likeness (QED) is 0.774. The first kappa shape index (κ1) is 9.44. The van der Waals surface area contributed by atoms with Crippen LogP contribution in [0.25, 0.3) is 6.08 Å². The van der Waals surface area contributed by atoms with E-state index < -0.39 is 6.29 Å². The van der Waals surface area contributed by atoms with E-state index in [-0.39, 0.29) is 6.10 Å². The van der Waals surface area contributed by atoms with Crippen LogP contribution in [0.5, 0.6) is 0 Å². The SMILES string of the molecule is O[C@H]1CC[C@@H](/C=C/c2ccccc2)O1. The molecule has 2 nitrogen and oxygen atoms in total. The van der Waals surface area contributed by atoms with Crippen molar-refractivity contribution in [3.05, 3.63) is 42.0 Å². The zero-order chi connectivity index (χ0) is 9.80. The summed E-state index contributed by atoms with van der Waals surface area (Å²) in [5.41, 5.74) is 1.16. The molecular formula is C12H14O2. The highest BCUT2D eigenvalue weighted by Crippen LogP contribution is 2.19. The highest BCUT2D eigenvalue weighted by molar-refractivity contribution is 5.49. The van der Waals surface area contributed by atoms with Crippen LogP contribution in [0, 0.1) is 0 Å². The third kappa shape index (κ3) is 2.44. The maximum absolute atomic E-state index is 9.14. The van der Waals surface area contributed by atoms with E-state index >= 15 is 0 Å². The van der Waals surface area contributed by atoms with Gasteiger partial charge in [0.25, 0.3) is 0 Å². The standard InChI is InChI=1S/C12H14O2/c13-12-9-8-11(14-12)7-6-10-4-2-1-3-5-10/h1-7,11-13H,8-9H2/b7-6+/t11-,12-/m1/s1. The summed E-state index contributed by atoms with van der Waals surface area (Å²) in [6.07, 6.45) is 5.19. The van der Waals surface area contributed by atoms with Crippen LogP contribution in [0.15, 0.2) is 36.4 Å². The molecule has 2 heteroatoms. The van der Waals surface area contributed by atoms with Crippen molar-refractivity contribution < 1.29 is 9.84 Å². The number of hydrogen-bond acceptors (Lipinski definition) is 2. The lowest BCUT2D eigenvalue weighted by molar-refractivity contribution is -0.0776. The number of aliphatic hydroxyl groups excluding tert-OH is 1. The Morgan fingerprint density at radius 3 is 2.64 bits per heavy atom. The van der Waals surface area contributed by atoms with Gasteiger partial charge in [-0.25, -0.2) is 0 Å². The summed E-state index contributed by atoms with van der Waals surface area (Å²) < 4.78 is 5.25. The Morgan fingerprint density at radius 2 is 2.00 bits per heavy atom. The van der Waals surface area contributed by atoms with E-state index in [1.54, 1.807) is 0 Å². The molecule has 0 aliphatic carbocycles. The van der Waals surface area contributed by atoms with Crippen LogP contribution in [-0.4, -0.2) is 17.5 Å². The molecule has 1 aliphatic rings. The average Bonchev–Trinajstić information content (AvgIpc) is 2.63. The highest BCUT2D eigenvalue weighted by Gasteiger charge is 2.20. The van der Waals surface area contributed by atoms with Crippen molar-refractivity contribution in [3.63, 3.8) is 0 Å². The number of ether oxygens (including phenoxy) is 1. The Hall–Kier alpha value is -1.12. The Labute approximate surface area is 83.8 Å². The third-order valence-corrected chi connectivity index (χ3v) is 2.33. The molecule has 74 valence electrons. The largest absolute Gasteiger partial charge is 0.368 e. The molecule has 1 saturated heterocycles. The summed E-state index contributed by atoms with van der Waals surface area (Å²) in [7, 11) is 0. The van der Waals surface area contributed by atoms with Crippen molar-refractivity contribution in [1.82, 2.24) is 0 Å². The topological polar surface area (TPSA) is 29.5 Å². The molecule has 1 fully saturated rings. The van der Waals surface area contributed by atoms with Crippen LogP contribution in [0.1, 0.15) is 18.4 Å². The Balaban J connectivity index is 1.94. The molecule has 14 heavy (non-hydrogen) atoms. The van der Waals surface area contributed by atoms with Gasteiger partial charge in [0.05, 0.1) is 6.10 Å². The van der Waals surface area contributed by atoms with E-state index in [0.717, 1.165) is 18.4 Å². The molecule has 2 atom stereocenters. The Morgan fingerprint density at radius 1 is 1.21 bits per heavy atom. The predicted molar refractivity (Wildman–Crippen MR) is 55.6 cm³/mol. The molecular weight excluding hydrogens is 176 g/mol. The van der Waals surface area contributed by atoms with Crippen molar-refractivity contribution in [2.75, 3.05) is 0 Å². The van der Waals surface area contributed by atoms with Crippen LogP contribution in [-0.2, 0) is 4.74 Å². The van der Waals surface area contributed by atoms with E-state index in [2.05, 4.69) is 0 Å². The molecule has 1 N–H and O–H groups in total. The summed E-state index contributed by atoms with van der Waals surface area (Å²) in [4.78, 5) is 0. The van der Waals surface area contributed by atoms with Crippen molar-refractivity contribution in [2.45, 2.75) is 25.2 Å². The van der Waals surface area contributed by atoms with E-state index in [1.165, 1.54) is 0 Å². The van der Waals surface area contributed by atoms with Gasteiger partial charge in [-0.2, -0.15) is 0 Å². The summed E-state index contributed by atoms with van der Waals surface area (Å²) in [5, 5.41) is 9.14. The van der Waals surface area contributed by atoms with E-state index in [9.17, 15) is 0 Å². The average molecular weight is 190 g/mol. The predicted octanol–water partition coefficient (Wildman–Crippen LogP) is 2.20. The minimum Gasteiger partial charge on any atom is -0.368 e. The van der Waals surface area contributed by atoms with Gasteiger partial charge in [0, 0.05) is 6.42 Å². The second-order valence-corrected chi connectivity index (χ2v) is 3.48. The Kier molecular flexibility index (Phi) is 2.96. The first-order valence-electron chi connectivity index (χ1n) is 4.91. The van der Waals surface area contributed by atoms with Crippen LogP contribution in [0.2, 0.25) is 0 Å². The molecule has 1 aromatic carbocycles. The van der Waals surface area contributed by atoms with Crippen molar-refractivity contribution in [3.8, 4) is 0 Å². The number of hydrogen-bond donors (Lipinski definition) is 1. The smallest absolute Gasteiger partial charge is 0.155 e. The van der Waals surface area contributed by atoms with Gasteiger partial charge in [-0.1, -0.05) is 42.5 Å². The van der Waals surface area contributed by atoms with Gasteiger partial charge in [0.15, 0.2) is 6.29 Å². The second kappa shape index (κ2) is 4.40. The fourth-order valence-electron chi connectivity index (χ4n) is 1.57. The lowest BCUT2D eigenvalue weighted by atomic mass is 10.1. The summed E-state index contributed by atoms with van der Waals surface area (Å²) >= 11 is 0. The minimum absolute atomic E-state index is 0.0743. The van der Waals surface area contributed by atoms with Gasteiger partial charge in [-0.15, -0.1) is 0 Å². The molecule has 0 saturated carbocycles. The number of rotatable bonds is 2. The molecule has 1 aliphatic heterocycles. The Bertz CT molecular complexity index is 305. The molecule has 0 aromatic heterocycles. The fraction of sp³-hybridized carbons (Fsp3) is 0.333. The second-order valence-electron chi connectivity index (χ2n) is 3.48. The van der Waals surface area contributed by atoms with Gasteiger partial charge in [0.1, 0.15) is 0 Å². The van der Waals surface area contributed by atoms with Gasteiger partial charge >= 0.3 is 0 Å². The monoisotopic (exact) mass is 190 g/mol. The maximum Gasteiger partial charge on any atom is 0.155 e. The van der Waals surface area contributed by atoms with Crippen LogP contribution in [0.3, 0.4) is 0 Å². The van der Waals surface area contributed by atoms with Crippen molar-refractivity contribution in [1.29, 1.82) is 0 Å². The number of aliphatic hydroxyl groups is 1. The summed E-state index contributed by atoms with van der Waals surface area (Å²) in [6.45, 7) is 0. The van der Waals surface area contributed by atoms with E-state index in [0.29, 0.717) is 0 Å². The van der Waals surface area contributed by atoms with Gasteiger partial charge in [-0.3, -0.25) is 0 Å². The molecule has 0 radical (unpaired) electrons. The van der Waals surface area contributed by atoms with Crippen LogP contribution >= 0.6 is 0 Å². The van der Waals surface area contributed by atoms with Crippen molar-refractivity contribution >= 4 is 6.08 Å². The van der Waals surface area contributed by atoms with E-state index in [4.69, 9.17) is 9.84 Å². The summed E-state index contributed by atoms with van der Waals surface area (Å²) in [5.74, 6) is 0. The van der Waals surface area contributed by atoms with Gasteiger partial charge in [-0.05, 0) is 12.0 Å².